The summed E-state index contributed by atoms with van der Waals surface area (Å²) in [7, 11) is 1.35. The van der Waals surface area contributed by atoms with Crippen molar-refractivity contribution in [3.05, 3.63) is 0 Å². The van der Waals surface area contributed by atoms with Crippen LogP contribution < -0.4 is 5.32 Å². The number of carbonyl (C=O) groups is 1. The van der Waals surface area contributed by atoms with Gasteiger partial charge in [-0.1, -0.05) is 6.92 Å². The summed E-state index contributed by atoms with van der Waals surface area (Å²) in [5.74, 6) is -0.0300. The summed E-state index contributed by atoms with van der Waals surface area (Å²) >= 11 is 0. The minimum absolute atomic E-state index is 0.172. The molecule has 0 radical (unpaired) electrons. The third kappa shape index (κ3) is 7.66. The standard InChI is InChI=1S/C14H25F3N2O2/c1-3-6-19-8-11(4-5-13(20)21-2)7-12(9-19)18-10-14(15,16)17/h11-12,18H,3-10H2,1-2H3. The van der Waals surface area contributed by atoms with E-state index in [0.29, 0.717) is 25.8 Å². The van der Waals surface area contributed by atoms with Crippen LogP contribution in [0.4, 0.5) is 13.2 Å². The van der Waals surface area contributed by atoms with Gasteiger partial charge >= 0.3 is 12.1 Å². The fraction of sp³-hybridized carbons (Fsp3) is 0.929. The molecule has 0 spiro atoms. The molecule has 1 aliphatic heterocycles. The first-order chi connectivity index (χ1) is 9.84. The summed E-state index contributed by atoms with van der Waals surface area (Å²) in [6.45, 7) is 3.45. The molecule has 2 unspecified atom stereocenters. The Kier molecular flexibility index (Phi) is 7.45. The number of rotatable bonds is 7. The molecule has 1 heterocycles. The molecule has 0 aromatic carbocycles. The quantitative estimate of drug-likeness (QED) is 0.732. The second kappa shape index (κ2) is 8.58. The van der Waals surface area contributed by atoms with Gasteiger partial charge in [0, 0.05) is 25.6 Å². The van der Waals surface area contributed by atoms with Gasteiger partial charge in [-0.05, 0) is 31.7 Å². The number of piperidine rings is 1. The van der Waals surface area contributed by atoms with Crippen molar-refractivity contribution in [2.75, 3.05) is 33.3 Å². The third-order valence-electron chi connectivity index (χ3n) is 3.73. The first-order valence-corrected chi connectivity index (χ1v) is 7.43. The number of alkyl halides is 3. The fourth-order valence-corrected chi connectivity index (χ4v) is 2.84. The average Bonchev–Trinajstić information content (AvgIpc) is 2.42. The van der Waals surface area contributed by atoms with Crippen LogP contribution in [-0.2, 0) is 9.53 Å². The number of nitrogens with zero attached hydrogens (tertiary/aromatic N) is 1. The summed E-state index contributed by atoms with van der Waals surface area (Å²) in [4.78, 5) is 13.4. The Hall–Kier alpha value is -0.820. The lowest BCUT2D eigenvalue weighted by Crippen LogP contribution is -2.51. The van der Waals surface area contributed by atoms with Crippen molar-refractivity contribution >= 4 is 5.97 Å². The second-order valence-corrected chi connectivity index (χ2v) is 5.67. The van der Waals surface area contributed by atoms with Crippen molar-refractivity contribution < 1.29 is 22.7 Å². The van der Waals surface area contributed by atoms with Crippen LogP contribution in [-0.4, -0.2) is 56.4 Å². The first-order valence-electron chi connectivity index (χ1n) is 7.43. The number of esters is 1. The van der Waals surface area contributed by atoms with Crippen molar-refractivity contribution in [1.29, 1.82) is 0 Å². The lowest BCUT2D eigenvalue weighted by atomic mass is 9.90. The Morgan fingerprint density at radius 2 is 2.10 bits per heavy atom. The fourth-order valence-electron chi connectivity index (χ4n) is 2.84. The minimum atomic E-state index is -4.19. The van der Waals surface area contributed by atoms with Gasteiger partial charge in [0.1, 0.15) is 0 Å². The molecule has 0 aromatic rings. The van der Waals surface area contributed by atoms with Gasteiger partial charge < -0.3 is 15.0 Å². The summed E-state index contributed by atoms with van der Waals surface area (Å²) in [5.41, 5.74) is 0. The van der Waals surface area contributed by atoms with Crippen LogP contribution in [0, 0.1) is 5.92 Å². The van der Waals surface area contributed by atoms with Crippen LogP contribution in [0.3, 0.4) is 0 Å². The summed E-state index contributed by atoms with van der Waals surface area (Å²) < 4.78 is 41.6. The van der Waals surface area contributed by atoms with Crippen LogP contribution in [0.25, 0.3) is 0 Å². The summed E-state index contributed by atoms with van der Waals surface area (Å²) in [5, 5.41) is 2.60. The molecule has 7 heteroatoms. The highest BCUT2D eigenvalue weighted by molar-refractivity contribution is 5.69. The molecule has 2 atom stereocenters. The largest absolute Gasteiger partial charge is 0.469 e. The summed E-state index contributed by atoms with van der Waals surface area (Å²) in [6, 6.07) is -0.172. The van der Waals surface area contributed by atoms with E-state index in [1.807, 2.05) is 0 Å². The maximum absolute atomic E-state index is 12.3. The van der Waals surface area contributed by atoms with E-state index in [0.717, 1.165) is 19.5 Å². The zero-order valence-electron chi connectivity index (χ0n) is 12.7. The number of hydrogen-bond donors (Lipinski definition) is 1. The number of nitrogens with one attached hydrogen (secondary N) is 1. The SMILES string of the molecule is CCCN1CC(CCC(=O)OC)CC(NCC(F)(F)F)C1. The molecule has 0 saturated carbocycles. The molecule has 1 saturated heterocycles. The lowest BCUT2D eigenvalue weighted by molar-refractivity contribution is -0.141. The number of methoxy groups -OCH3 is 1. The van der Waals surface area contributed by atoms with Crippen LogP contribution in [0.2, 0.25) is 0 Å². The van der Waals surface area contributed by atoms with Crippen LogP contribution in [0.15, 0.2) is 0 Å². The normalized spacial score (nSPS) is 24.0. The van der Waals surface area contributed by atoms with Gasteiger partial charge in [0.15, 0.2) is 0 Å². The third-order valence-corrected chi connectivity index (χ3v) is 3.73. The zero-order valence-corrected chi connectivity index (χ0v) is 12.7. The topological polar surface area (TPSA) is 41.6 Å². The molecule has 1 aliphatic rings. The molecule has 0 bridgehead atoms. The predicted octanol–water partition coefficient (Wildman–Crippen LogP) is 2.19. The van der Waals surface area contributed by atoms with Crippen LogP contribution >= 0.6 is 0 Å². The number of halogens is 3. The Bertz CT molecular complexity index is 324. The van der Waals surface area contributed by atoms with Crippen LogP contribution in [0.5, 0.6) is 0 Å². The second-order valence-electron chi connectivity index (χ2n) is 5.67. The van der Waals surface area contributed by atoms with Gasteiger partial charge in [0.2, 0.25) is 0 Å². The minimum Gasteiger partial charge on any atom is -0.469 e. The zero-order chi connectivity index (χ0) is 15.9. The summed E-state index contributed by atoms with van der Waals surface area (Å²) in [6.07, 6.45) is -1.55. The molecule has 1 N–H and O–H groups in total. The molecule has 21 heavy (non-hydrogen) atoms. The smallest absolute Gasteiger partial charge is 0.401 e. The van der Waals surface area contributed by atoms with Crippen molar-refractivity contribution in [2.24, 2.45) is 5.92 Å². The molecule has 0 aliphatic carbocycles. The Labute approximate surface area is 124 Å². The first kappa shape index (κ1) is 18.2. The Balaban J connectivity index is 2.49. The maximum Gasteiger partial charge on any atom is 0.401 e. The number of likely N-dealkylation sites (tertiary alicyclic amines) is 1. The number of hydrogen-bond acceptors (Lipinski definition) is 4. The van der Waals surface area contributed by atoms with Crippen LogP contribution in [0.1, 0.15) is 32.6 Å². The Morgan fingerprint density at radius 3 is 2.67 bits per heavy atom. The highest BCUT2D eigenvalue weighted by Crippen LogP contribution is 2.23. The molecular weight excluding hydrogens is 285 g/mol. The van der Waals surface area contributed by atoms with Crippen molar-refractivity contribution in [2.45, 2.75) is 44.8 Å². The van der Waals surface area contributed by atoms with E-state index in [1.165, 1.54) is 7.11 Å². The number of carbonyl (C=O) groups excluding carboxylic acids is 1. The van der Waals surface area contributed by atoms with E-state index in [-0.39, 0.29) is 17.9 Å². The lowest BCUT2D eigenvalue weighted by Gasteiger charge is -2.38. The van der Waals surface area contributed by atoms with Crippen molar-refractivity contribution in [3.63, 3.8) is 0 Å². The van der Waals surface area contributed by atoms with Gasteiger partial charge in [-0.25, -0.2) is 0 Å². The van der Waals surface area contributed by atoms with Gasteiger partial charge in [0.05, 0.1) is 13.7 Å². The average molecular weight is 310 g/mol. The maximum atomic E-state index is 12.3. The van der Waals surface area contributed by atoms with Crippen molar-refractivity contribution in [1.82, 2.24) is 10.2 Å². The van der Waals surface area contributed by atoms with E-state index >= 15 is 0 Å². The van der Waals surface area contributed by atoms with E-state index in [9.17, 15) is 18.0 Å². The molecule has 4 nitrogen and oxygen atoms in total. The van der Waals surface area contributed by atoms with E-state index in [4.69, 9.17) is 0 Å². The molecular formula is C14H25F3N2O2. The molecule has 0 aromatic heterocycles. The van der Waals surface area contributed by atoms with E-state index in [2.05, 4.69) is 21.9 Å². The highest BCUT2D eigenvalue weighted by atomic mass is 19.4. The van der Waals surface area contributed by atoms with Gasteiger partial charge in [-0.3, -0.25) is 4.79 Å². The number of ether oxygens (including phenoxy) is 1. The van der Waals surface area contributed by atoms with Gasteiger partial charge in [-0.15, -0.1) is 0 Å². The van der Waals surface area contributed by atoms with E-state index in [1.54, 1.807) is 0 Å². The van der Waals surface area contributed by atoms with E-state index < -0.39 is 12.7 Å². The van der Waals surface area contributed by atoms with Gasteiger partial charge in [-0.2, -0.15) is 13.2 Å². The van der Waals surface area contributed by atoms with Gasteiger partial charge in [0.25, 0.3) is 0 Å². The molecule has 124 valence electrons. The highest BCUT2D eigenvalue weighted by Gasteiger charge is 2.32. The predicted molar refractivity (Wildman–Crippen MR) is 73.9 cm³/mol. The Morgan fingerprint density at radius 1 is 1.38 bits per heavy atom. The van der Waals surface area contributed by atoms with Crippen molar-refractivity contribution in [3.8, 4) is 0 Å². The molecule has 0 amide bonds. The molecule has 1 rings (SSSR count). The monoisotopic (exact) mass is 310 g/mol. The molecule has 1 fully saturated rings.